The molecule has 112 valence electrons. The fourth-order valence-corrected chi connectivity index (χ4v) is 4.64. The molecule has 0 spiro atoms. The fourth-order valence-electron chi connectivity index (χ4n) is 4.64. The van der Waals surface area contributed by atoms with E-state index in [1.54, 1.807) is 0 Å². The van der Waals surface area contributed by atoms with Crippen LogP contribution in [0.3, 0.4) is 0 Å². The number of fused-ring (bicyclic) bond motifs is 4. The molecule has 2 atom stereocenters. The largest absolute Gasteiger partial charge is 0.347 e. The van der Waals surface area contributed by atoms with Gasteiger partial charge in [-0.2, -0.15) is 0 Å². The molecule has 0 saturated carbocycles. The molecule has 0 radical (unpaired) electrons. The van der Waals surface area contributed by atoms with Gasteiger partial charge < -0.3 is 15.2 Å². The van der Waals surface area contributed by atoms with E-state index in [1.165, 1.54) is 54.6 Å². The average Bonchev–Trinajstić information content (AvgIpc) is 2.82. The predicted molar refractivity (Wildman–Crippen MR) is 87.4 cm³/mol. The number of benzene rings is 1. The summed E-state index contributed by atoms with van der Waals surface area (Å²) >= 11 is 0. The molecule has 3 saturated heterocycles. The summed E-state index contributed by atoms with van der Waals surface area (Å²) in [6.45, 7) is 5.93. The van der Waals surface area contributed by atoms with Gasteiger partial charge in [-0.05, 0) is 50.4 Å². The number of hydrogen-bond donors (Lipinski definition) is 1. The molecular formula is C18H25N3. The molecule has 3 nitrogen and oxygen atoms in total. The third kappa shape index (κ3) is 1.95. The molecule has 3 fully saturated rings. The molecule has 2 unspecified atom stereocenters. The van der Waals surface area contributed by atoms with Gasteiger partial charge in [-0.1, -0.05) is 18.2 Å². The lowest BCUT2D eigenvalue weighted by atomic mass is 9.76. The van der Waals surface area contributed by atoms with Crippen LogP contribution in [0.15, 0.2) is 24.3 Å². The van der Waals surface area contributed by atoms with Crippen molar-refractivity contribution >= 4 is 10.9 Å². The van der Waals surface area contributed by atoms with E-state index < -0.39 is 0 Å². The minimum Gasteiger partial charge on any atom is -0.347 e. The molecule has 1 aromatic carbocycles. The molecule has 21 heavy (non-hydrogen) atoms. The Morgan fingerprint density at radius 1 is 1.19 bits per heavy atom. The van der Waals surface area contributed by atoms with E-state index in [2.05, 4.69) is 47.7 Å². The minimum atomic E-state index is 0.0987. The van der Waals surface area contributed by atoms with Gasteiger partial charge in [0.05, 0.1) is 0 Å². The zero-order chi connectivity index (χ0) is 14.6. The van der Waals surface area contributed by atoms with Gasteiger partial charge in [-0.3, -0.25) is 0 Å². The van der Waals surface area contributed by atoms with Gasteiger partial charge in [-0.15, -0.1) is 0 Å². The Morgan fingerprint density at radius 3 is 2.52 bits per heavy atom. The average molecular weight is 283 g/mol. The lowest BCUT2D eigenvalue weighted by Crippen LogP contribution is -2.46. The molecular weight excluding hydrogens is 258 g/mol. The topological polar surface area (TPSA) is 34.2 Å². The van der Waals surface area contributed by atoms with Crippen LogP contribution in [0.2, 0.25) is 0 Å². The van der Waals surface area contributed by atoms with E-state index in [-0.39, 0.29) is 6.04 Å². The van der Waals surface area contributed by atoms with E-state index in [9.17, 15) is 0 Å². The SMILES string of the molecule is CC(N)c1c(C2CN3CCC2CC3)n(C)c2ccccc12. The van der Waals surface area contributed by atoms with Crippen LogP contribution in [0.1, 0.15) is 43.0 Å². The summed E-state index contributed by atoms with van der Waals surface area (Å²) < 4.78 is 2.42. The maximum atomic E-state index is 6.37. The highest BCUT2D eigenvalue weighted by Gasteiger charge is 2.38. The van der Waals surface area contributed by atoms with Crippen LogP contribution in [0, 0.1) is 5.92 Å². The van der Waals surface area contributed by atoms with Crippen molar-refractivity contribution in [1.29, 1.82) is 0 Å². The Kier molecular flexibility index (Phi) is 3.09. The Balaban J connectivity index is 1.91. The fraction of sp³-hybridized carbons (Fsp3) is 0.556. The van der Waals surface area contributed by atoms with Gasteiger partial charge in [0.2, 0.25) is 0 Å². The van der Waals surface area contributed by atoms with Crippen molar-refractivity contribution in [1.82, 2.24) is 9.47 Å². The summed E-state index contributed by atoms with van der Waals surface area (Å²) in [7, 11) is 2.22. The Labute approximate surface area is 126 Å². The van der Waals surface area contributed by atoms with Gasteiger partial charge in [0.25, 0.3) is 0 Å². The molecule has 2 aromatic rings. The number of aryl methyl sites for hydroxylation is 1. The Bertz CT molecular complexity index is 662. The summed E-state index contributed by atoms with van der Waals surface area (Å²) in [4.78, 5) is 2.63. The monoisotopic (exact) mass is 283 g/mol. The number of nitrogens with two attached hydrogens (primary N) is 1. The highest BCUT2D eigenvalue weighted by atomic mass is 15.2. The maximum absolute atomic E-state index is 6.37. The highest BCUT2D eigenvalue weighted by Crippen LogP contribution is 2.43. The van der Waals surface area contributed by atoms with Crippen LogP contribution in [-0.2, 0) is 7.05 Å². The summed E-state index contributed by atoms with van der Waals surface area (Å²) in [5.41, 5.74) is 10.6. The lowest BCUT2D eigenvalue weighted by Gasteiger charge is -2.45. The first-order valence-electron chi connectivity index (χ1n) is 8.22. The van der Waals surface area contributed by atoms with Gasteiger partial charge in [0, 0.05) is 42.1 Å². The van der Waals surface area contributed by atoms with Crippen molar-refractivity contribution < 1.29 is 0 Å². The van der Waals surface area contributed by atoms with Crippen molar-refractivity contribution in [3.63, 3.8) is 0 Å². The molecule has 5 rings (SSSR count). The van der Waals surface area contributed by atoms with Crippen LogP contribution >= 0.6 is 0 Å². The zero-order valence-electron chi connectivity index (χ0n) is 13.0. The van der Waals surface area contributed by atoms with Gasteiger partial charge in [0.1, 0.15) is 0 Å². The van der Waals surface area contributed by atoms with Crippen molar-refractivity contribution in [3.05, 3.63) is 35.5 Å². The first kappa shape index (κ1) is 13.4. The summed E-state index contributed by atoms with van der Waals surface area (Å²) in [6.07, 6.45) is 2.70. The summed E-state index contributed by atoms with van der Waals surface area (Å²) in [5, 5.41) is 1.35. The second-order valence-corrected chi connectivity index (χ2v) is 6.91. The van der Waals surface area contributed by atoms with Crippen LogP contribution in [0.5, 0.6) is 0 Å². The van der Waals surface area contributed by atoms with Gasteiger partial charge >= 0.3 is 0 Å². The normalized spacial score (nSPS) is 30.0. The molecule has 3 aliphatic heterocycles. The summed E-state index contributed by atoms with van der Waals surface area (Å²) in [5.74, 6) is 1.50. The standard InChI is InChI=1S/C18H25N3/c1-12(19)17-14-5-3-4-6-16(14)20(2)18(17)15-11-21-9-7-13(15)8-10-21/h3-6,12-13,15H,7-11,19H2,1-2H3. The number of piperidine rings is 3. The molecule has 3 aliphatic rings. The first-order chi connectivity index (χ1) is 10.2. The molecule has 3 heteroatoms. The van der Waals surface area contributed by atoms with E-state index in [1.807, 2.05) is 0 Å². The van der Waals surface area contributed by atoms with Crippen LogP contribution < -0.4 is 5.73 Å². The van der Waals surface area contributed by atoms with Crippen LogP contribution in [0.4, 0.5) is 0 Å². The van der Waals surface area contributed by atoms with Gasteiger partial charge in [-0.25, -0.2) is 0 Å². The second kappa shape index (κ2) is 4.85. The number of aromatic nitrogens is 1. The Hall–Kier alpha value is -1.32. The zero-order valence-corrected chi connectivity index (χ0v) is 13.0. The van der Waals surface area contributed by atoms with Crippen LogP contribution in [0.25, 0.3) is 10.9 Å². The lowest BCUT2D eigenvalue weighted by molar-refractivity contribution is 0.0840. The van der Waals surface area contributed by atoms with Crippen molar-refractivity contribution in [2.45, 2.75) is 31.7 Å². The van der Waals surface area contributed by atoms with Crippen molar-refractivity contribution in [2.24, 2.45) is 18.7 Å². The number of rotatable bonds is 2. The molecule has 2 N–H and O–H groups in total. The quantitative estimate of drug-likeness (QED) is 0.919. The van der Waals surface area contributed by atoms with Crippen molar-refractivity contribution in [3.8, 4) is 0 Å². The predicted octanol–water partition coefficient (Wildman–Crippen LogP) is 3.01. The first-order valence-corrected chi connectivity index (χ1v) is 8.22. The number of hydrogen-bond acceptors (Lipinski definition) is 2. The van der Waals surface area contributed by atoms with E-state index in [4.69, 9.17) is 5.73 Å². The summed E-state index contributed by atoms with van der Waals surface area (Å²) in [6, 6.07) is 8.83. The smallest absolute Gasteiger partial charge is 0.0483 e. The molecule has 0 amide bonds. The number of para-hydroxylation sites is 1. The van der Waals surface area contributed by atoms with E-state index >= 15 is 0 Å². The molecule has 0 aliphatic carbocycles. The van der Waals surface area contributed by atoms with Crippen LogP contribution in [-0.4, -0.2) is 29.1 Å². The van der Waals surface area contributed by atoms with E-state index in [0.717, 1.165) is 5.92 Å². The molecule has 2 bridgehead atoms. The maximum Gasteiger partial charge on any atom is 0.0483 e. The molecule has 4 heterocycles. The third-order valence-electron chi connectivity index (χ3n) is 5.66. The third-order valence-corrected chi connectivity index (χ3v) is 5.66. The van der Waals surface area contributed by atoms with Gasteiger partial charge in [0.15, 0.2) is 0 Å². The Morgan fingerprint density at radius 2 is 1.90 bits per heavy atom. The second-order valence-electron chi connectivity index (χ2n) is 6.91. The minimum absolute atomic E-state index is 0.0987. The molecule has 1 aromatic heterocycles. The number of nitrogens with zero attached hydrogens (tertiary/aromatic N) is 2. The van der Waals surface area contributed by atoms with Crippen molar-refractivity contribution in [2.75, 3.05) is 19.6 Å². The van der Waals surface area contributed by atoms with E-state index in [0.29, 0.717) is 5.92 Å². The highest BCUT2D eigenvalue weighted by molar-refractivity contribution is 5.86.